The van der Waals surface area contributed by atoms with Crippen LogP contribution in [-0.2, 0) is 16.1 Å². The SMILES string of the molecule is C=CCNc1cc(N2CCN(Cc3cc4cc(F)ccc4o3)CC2)nc(NCC=C)n1.O=C(O)/C=C/C(=O)O. The lowest BCUT2D eigenvalue weighted by molar-refractivity contribution is -0.134. The number of fused-ring (bicyclic) bond motifs is 1. The van der Waals surface area contributed by atoms with Crippen LogP contribution in [0.25, 0.3) is 11.0 Å². The molecule has 1 aliphatic heterocycles. The van der Waals surface area contributed by atoms with Crippen LogP contribution in [-0.4, -0.2) is 76.3 Å². The van der Waals surface area contributed by atoms with E-state index in [0.29, 0.717) is 37.7 Å². The molecule has 11 nitrogen and oxygen atoms in total. The first kappa shape index (κ1) is 28.9. The number of piperazine rings is 1. The number of nitrogens with one attached hydrogen (secondary N) is 2. The van der Waals surface area contributed by atoms with E-state index in [1.165, 1.54) is 12.1 Å². The van der Waals surface area contributed by atoms with E-state index in [4.69, 9.17) is 14.6 Å². The Morgan fingerprint density at radius 3 is 2.28 bits per heavy atom. The minimum Gasteiger partial charge on any atom is -0.478 e. The highest BCUT2D eigenvalue weighted by Crippen LogP contribution is 2.23. The van der Waals surface area contributed by atoms with Gasteiger partial charge in [-0.15, -0.1) is 13.2 Å². The van der Waals surface area contributed by atoms with Crippen LogP contribution in [0.1, 0.15) is 5.76 Å². The molecule has 0 bridgehead atoms. The topological polar surface area (TPSA) is 144 Å². The number of aliphatic carboxylic acids is 2. The molecular weight excluding hydrogens is 507 g/mol. The third-order valence-electron chi connectivity index (χ3n) is 5.52. The summed E-state index contributed by atoms with van der Waals surface area (Å²) in [5, 5.41) is 22.8. The number of carboxylic acid groups (broad SMARTS) is 2. The zero-order valence-corrected chi connectivity index (χ0v) is 21.3. The minimum absolute atomic E-state index is 0.248. The lowest BCUT2D eigenvalue weighted by Crippen LogP contribution is -2.46. The Kier molecular flexibility index (Phi) is 10.6. The smallest absolute Gasteiger partial charge is 0.328 e. The minimum atomic E-state index is -1.26. The molecule has 0 amide bonds. The van der Waals surface area contributed by atoms with E-state index in [1.54, 1.807) is 18.2 Å². The predicted octanol–water partition coefficient (Wildman–Crippen LogP) is 3.59. The molecule has 0 radical (unpaired) electrons. The van der Waals surface area contributed by atoms with Crippen molar-refractivity contribution in [2.75, 3.05) is 54.8 Å². The molecule has 1 fully saturated rings. The quantitative estimate of drug-likeness (QED) is 0.210. The number of aromatic nitrogens is 2. The molecule has 12 heteroatoms. The van der Waals surface area contributed by atoms with Crippen molar-refractivity contribution in [3.05, 3.63) is 79.4 Å². The number of hydrogen-bond acceptors (Lipinski definition) is 9. The van der Waals surface area contributed by atoms with E-state index in [1.807, 2.05) is 12.1 Å². The van der Waals surface area contributed by atoms with Gasteiger partial charge in [0.05, 0.1) is 6.54 Å². The molecule has 3 heterocycles. The lowest BCUT2D eigenvalue weighted by atomic mass is 10.2. The van der Waals surface area contributed by atoms with Gasteiger partial charge in [0.2, 0.25) is 5.95 Å². The van der Waals surface area contributed by atoms with Crippen LogP contribution < -0.4 is 15.5 Å². The van der Waals surface area contributed by atoms with Gasteiger partial charge in [0.25, 0.3) is 0 Å². The number of carboxylic acids is 2. The highest BCUT2D eigenvalue weighted by molar-refractivity contribution is 5.89. The fourth-order valence-corrected chi connectivity index (χ4v) is 3.75. The van der Waals surface area contributed by atoms with Crippen molar-refractivity contribution in [2.24, 2.45) is 0 Å². The van der Waals surface area contributed by atoms with Gasteiger partial charge in [-0.05, 0) is 24.3 Å². The van der Waals surface area contributed by atoms with Crippen LogP contribution >= 0.6 is 0 Å². The molecule has 2 aromatic heterocycles. The zero-order valence-electron chi connectivity index (χ0n) is 21.3. The number of rotatable bonds is 11. The lowest BCUT2D eigenvalue weighted by Gasteiger charge is -2.35. The highest BCUT2D eigenvalue weighted by atomic mass is 19.1. The third-order valence-corrected chi connectivity index (χ3v) is 5.52. The largest absolute Gasteiger partial charge is 0.478 e. The average Bonchev–Trinajstić information content (AvgIpc) is 3.31. The van der Waals surface area contributed by atoms with E-state index < -0.39 is 11.9 Å². The van der Waals surface area contributed by atoms with Crippen LogP contribution in [0.2, 0.25) is 0 Å². The standard InChI is InChI=1S/C23H27FN6O.C4H4O4/c1-3-7-25-21-15-22(28-23(27-21)26-8-4-2)30-11-9-29(10-12-30)16-19-14-17-13-18(24)5-6-20(17)31-19;5-3(6)1-2-4(7)8/h3-6,13-15H,1-2,7-12,16H2,(H2,25,26,27,28);1-2H,(H,5,6)(H,7,8)/b;2-1+. The van der Waals surface area contributed by atoms with E-state index in [0.717, 1.165) is 54.5 Å². The molecule has 1 saturated heterocycles. The summed E-state index contributed by atoms with van der Waals surface area (Å²) in [6.07, 6.45) is 4.69. The second-order valence-electron chi connectivity index (χ2n) is 8.44. The third kappa shape index (κ3) is 9.27. The summed E-state index contributed by atoms with van der Waals surface area (Å²) in [4.78, 5) is 32.9. The van der Waals surface area contributed by atoms with Gasteiger partial charge in [-0.1, -0.05) is 12.2 Å². The number of benzene rings is 1. The van der Waals surface area contributed by atoms with Crippen molar-refractivity contribution >= 4 is 40.5 Å². The number of furan rings is 1. The van der Waals surface area contributed by atoms with Gasteiger partial charge in [-0.3, -0.25) is 4.90 Å². The van der Waals surface area contributed by atoms with Crippen molar-refractivity contribution in [1.82, 2.24) is 14.9 Å². The fraction of sp³-hybridized carbons (Fsp3) is 0.259. The number of hydrogen-bond donors (Lipinski definition) is 4. The van der Waals surface area contributed by atoms with Crippen LogP contribution in [0, 0.1) is 5.82 Å². The Morgan fingerprint density at radius 1 is 0.974 bits per heavy atom. The average molecular weight is 539 g/mol. The maximum atomic E-state index is 13.4. The summed E-state index contributed by atoms with van der Waals surface area (Å²) in [6, 6.07) is 8.49. The molecule has 0 spiro atoms. The number of carbonyl (C=O) groups is 2. The summed E-state index contributed by atoms with van der Waals surface area (Å²) in [6.45, 7) is 12.8. The van der Waals surface area contributed by atoms with E-state index in [-0.39, 0.29) is 5.82 Å². The summed E-state index contributed by atoms with van der Waals surface area (Å²) in [5.74, 6) is 0.297. The maximum absolute atomic E-state index is 13.4. The number of nitrogens with zero attached hydrogens (tertiary/aromatic N) is 4. The molecule has 4 rings (SSSR count). The van der Waals surface area contributed by atoms with Crippen molar-refractivity contribution in [1.29, 1.82) is 0 Å². The van der Waals surface area contributed by atoms with Gasteiger partial charge in [0, 0.05) is 62.9 Å². The Labute approximate surface area is 225 Å². The molecule has 206 valence electrons. The molecule has 0 atom stereocenters. The van der Waals surface area contributed by atoms with Gasteiger partial charge >= 0.3 is 11.9 Å². The molecule has 3 aromatic rings. The van der Waals surface area contributed by atoms with E-state index in [2.05, 4.69) is 43.6 Å². The summed E-state index contributed by atoms with van der Waals surface area (Å²) in [5.41, 5.74) is 0.718. The van der Waals surface area contributed by atoms with Gasteiger partial charge in [-0.2, -0.15) is 9.97 Å². The second kappa shape index (κ2) is 14.3. The molecule has 1 aliphatic rings. The van der Waals surface area contributed by atoms with Crippen LogP contribution in [0.5, 0.6) is 0 Å². The summed E-state index contributed by atoms with van der Waals surface area (Å²) >= 11 is 0. The van der Waals surface area contributed by atoms with Gasteiger partial charge < -0.3 is 30.2 Å². The normalized spacial score (nSPS) is 13.5. The van der Waals surface area contributed by atoms with Crippen LogP contribution in [0.3, 0.4) is 0 Å². The number of halogens is 1. The van der Waals surface area contributed by atoms with E-state index in [9.17, 15) is 14.0 Å². The summed E-state index contributed by atoms with van der Waals surface area (Å²) in [7, 11) is 0. The van der Waals surface area contributed by atoms with Crippen molar-refractivity contribution in [3.8, 4) is 0 Å². The van der Waals surface area contributed by atoms with Gasteiger partial charge in [0.15, 0.2) is 0 Å². The highest BCUT2D eigenvalue weighted by Gasteiger charge is 2.20. The van der Waals surface area contributed by atoms with Crippen molar-refractivity contribution < 1.29 is 28.6 Å². The van der Waals surface area contributed by atoms with Crippen LogP contribution in [0.4, 0.5) is 22.0 Å². The first-order valence-corrected chi connectivity index (χ1v) is 12.1. The fourth-order valence-electron chi connectivity index (χ4n) is 3.75. The van der Waals surface area contributed by atoms with E-state index >= 15 is 0 Å². The molecule has 4 N–H and O–H groups in total. The molecule has 0 aliphatic carbocycles. The van der Waals surface area contributed by atoms with Crippen molar-refractivity contribution in [3.63, 3.8) is 0 Å². The van der Waals surface area contributed by atoms with Crippen molar-refractivity contribution in [2.45, 2.75) is 6.54 Å². The molecule has 0 saturated carbocycles. The zero-order chi connectivity index (χ0) is 28.2. The monoisotopic (exact) mass is 538 g/mol. The second-order valence-corrected chi connectivity index (χ2v) is 8.44. The first-order valence-electron chi connectivity index (χ1n) is 12.1. The Morgan fingerprint density at radius 2 is 1.64 bits per heavy atom. The van der Waals surface area contributed by atoms with Crippen LogP contribution in [0.15, 0.2) is 72.2 Å². The Balaban J connectivity index is 0.000000459. The maximum Gasteiger partial charge on any atom is 0.328 e. The Hall–Kier alpha value is -4.71. The molecule has 1 aromatic carbocycles. The van der Waals surface area contributed by atoms with Gasteiger partial charge in [-0.25, -0.2) is 14.0 Å². The Bertz CT molecular complexity index is 1290. The molecular formula is C27H31FN6O5. The predicted molar refractivity (Wildman–Crippen MR) is 147 cm³/mol. The molecule has 0 unspecified atom stereocenters. The van der Waals surface area contributed by atoms with Gasteiger partial charge in [0.1, 0.15) is 28.8 Å². The number of anilines is 3. The summed E-state index contributed by atoms with van der Waals surface area (Å²) < 4.78 is 19.3. The first-order chi connectivity index (χ1) is 18.8. The molecule has 39 heavy (non-hydrogen) atoms.